The molecule has 2 N–H and O–H groups in total. The molecule has 0 spiro atoms. The highest BCUT2D eigenvalue weighted by molar-refractivity contribution is 9.10. The highest BCUT2D eigenvalue weighted by Gasteiger charge is 2.35. The first kappa shape index (κ1) is 26.4. The highest BCUT2D eigenvalue weighted by Crippen LogP contribution is 2.39. The molecule has 3 atom stereocenters. The maximum Gasteiger partial charge on any atom is 0.416 e. The molecule has 1 aliphatic rings. The van der Waals surface area contributed by atoms with Gasteiger partial charge in [-0.3, -0.25) is 9.59 Å². The van der Waals surface area contributed by atoms with E-state index in [1.54, 1.807) is 0 Å². The fraction of sp³-hybridized carbons (Fsp3) is 0.304. The summed E-state index contributed by atoms with van der Waals surface area (Å²) in [6.45, 7) is 3.32. The van der Waals surface area contributed by atoms with Crippen LogP contribution in [0.25, 0.3) is 0 Å². The monoisotopic (exact) mass is 531 g/mol. The van der Waals surface area contributed by atoms with Crippen LogP contribution < -0.4 is 5.32 Å². The number of carbonyl (C=O) groups is 2. The summed E-state index contributed by atoms with van der Waals surface area (Å²) in [5.74, 6) is -2.02. The van der Waals surface area contributed by atoms with Gasteiger partial charge < -0.3 is 15.2 Å². The molecular weight excluding hydrogens is 510 g/mol. The van der Waals surface area contributed by atoms with Gasteiger partial charge in [0, 0.05) is 10.4 Å². The van der Waals surface area contributed by atoms with Crippen LogP contribution in [0, 0.1) is 11.7 Å². The Kier molecular flexibility index (Phi) is 9.45. The van der Waals surface area contributed by atoms with E-state index in [1.807, 2.05) is 24.3 Å². The summed E-state index contributed by atoms with van der Waals surface area (Å²) in [6.07, 6.45) is -1.93. The molecule has 0 bridgehead atoms. The van der Waals surface area contributed by atoms with Gasteiger partial charge in [-0.25, -0.2) is 4.39 Å². The lowest BCUT2D eigenvalue weighted by Crippen LogP contribution is -2.34. The number of rotatable bonds is 5. The number of ether oxygens (including phenoxy) is 1. The smallest absolute Gasteiger partial charge is 0.416 e. The highest BCUT2D eigenvalue weighted by atomic mass is 79.9. The van der Waals surface area contributed by atoms with Crippen molar-refractivity contribution in [3.63, 3.8) is 0 Å². The predicted molar refractivity (Wildman–Crippen MR) is 118 cm³/mol. The van der Waals surface area contributed by atoms with Crippen molar-refractivity contribution in [3.05, 3.63) is 76.7 Å². The molecule has 1 saturated carbocycles. The summed E-state index contributed by atoms with van der Waals surface area (Å²) < 4.78 is 58.8. The summed E-state index contributed by atoms with van der Waals surface area (Å²) in [4.78, 5) is 21.2. The Morgan fingerprint density at radius 1 is 1.15 bits per heavy atom. The van der Waals surface area contributed by atoms with Gasteiger partial charge in [-0.15, -0.1) is 0 Å². The Labute approximate surface area is 196 Å². The van der Waals surface area contributed by atoms with Gasteiger partial charge >= 0.3 is 6.18 Å². The number of anilines is 1. The average Bonchev–Trinajstić information content (AvgIpc) is 2.75. The van der Waals surface area contributed by atoms with E-state index in [-0.39, 0.29) is 24.2 Å². The summed E-state index contributed by atoms with van der Waals surface area (Å²) in [7, 11) is 0. The molecule has 0 aliphatic heterocycles. The number of carbonyl (C=O) groups excluding carboxylic acids is 1. The molecule has 3 unspecified atom stereocenters. The van der Waals surface area contributed by atoms with Crippen LogP contribution in [-0.2, 0) is 20.5 Å². The van der Waals surface area contributed by atoms with Gasteiger partial charge in [0.25, 0.3) is 6.47 Å². The molecule has 178 valence electrons. The lowest BCUT2D eigenvalue weighted by Gasteiger charge is -2.34. The van der Waals surface area contributed by atoms with Crippen LogP contribution in [0.3, 0.4) is 0 Å². The molecule has 0 heterocycles. The summed E-state index contributed by atoms with van der Waals surface area (Å²) in [6, 6.07) is 9.83. The minimum Gasteiger partial charge on any atom is -0.499 e. The van der Waals surface area contributed by atoms with E-state index in [2.05, 4.69) is 27.8 Å². The van der Waals surface area contributed by atoms with Crippen molar-refractivity contribution in [1.82, 2.24) is 0 Å². The summed E-state index contributed by atoms with van der Waals surface area (Å²) in [5.41, 5.74) is -0.334. The van der Waals surface area contributed by atoms with Crippen LogP contribution in [-0.4, -0.2) is 23.6 Å². The van der Waals surface area contributed by atoms with Gasteiger partial charge in [0.05, 0.1) is 23.6 Å². The van der Waals surface area contributed by atoms with E-state index >= 15 is 0 Å². The number of carboxylic acid groups (broad SMARTS) is 1. The van der Waals surface area contributed by atoms with Crippen LogP contribution in [0.15, 0.2) is 59.8 Å². The van der Waals surface area contributed by atoms with Gasteiger partial charge in [0.2, 0.25) is 5.91 Å². The molecule has 2 aromatic carbocycles. The van der Waals surface area contributed by atoms with E-state index < -0.39 is 29.4 Å². The topological polar surface area (TPSA) is 75.6 Å². The third-order valence-corrected chi connectivity index (χ3v) is 5.75. The molecular formula is C23H22BrF4NO4. The van der Waals surface area contributed by atoms with Crippen molar-refractivity contribution >= 4 is 34.0 Å². The molecule has 1 aliphatic carbocycles. The van der Waals surface area contributed by atoms with E-state index in [0.29, 0.717) is 25.3 Å². The number of hydrogen-bond donors (Lipinski definition) is 2. The Hall–Kier alpha value is -2.88. The third kappa shape index (κ3) is 7.59. The molecule has 3 rings (SSSR count). The van der Waals surface area contributed by atoms with Gasteiger partial charge in [-0.05, 0) is 61.1 Å². The van der Waals surface area contributed by atoms with Crippen molar-refractivity contribution in [2.24, 2.45) is 5.92 Å². The summed E-state index contributed by atoms with van der Waals surface area (Å²) in [5, 5.41) is 9.32. The lowest BCUT2D eigenvalue weighted by atomic mass is 9.76. The Bertz CT molecular complexity index is 966. The SMILES string of the molecule is C=COC1CC(C(=O)Nc2ccc(C(F)(F)F)cc2F)CC(c2ccc(Br)cc2)C1.O=CO. The maximum absolute atomic E-state index is 14.1. The first-order chi connectivity index (χ1) is 15.6. The van der Waals surface area contributed by atoms with Crippen LogP contribution >= 0.6 is 15.9 Å². The second kappa shape index (κ2) is 11.8. The molecule has 2 aromatic rings. The number of amides is 1. The minimum atomic E-state index is -4.65. The van der Waals surface area contributed by atoms with E-state index in [0.717, 1.165) is 22.2 Å². The predicted octanol–water partition coefficient (Wildman–Crippen LogP) is 6.36. The van der Waals surface area contributed by atoms with Crippen molar-refractivity contribution in [3.8, 4) is 0 Å². The third-order valence-electron chi connectivity index (χ3n) is 5.22. The molecule has 1 amide bonds. The zero-order valence-electron chi connectivity index (χ0n) is 17.3. The van der Waals surface area contributed by atoms with Gasteiger partial charge in [0.1, 0.15) is 5.82 Å². The Morgan fingerprint density at radius 2 is 1.79 bits per heavy atom. The van der Waals surface area contributed by atoms with Gasteiger partial charge in [-0.1, -0.05) is 34.6 Å². The molecule has 0 aromatic heterocycles. The molecule has 0 saturated heterocycles. The second-order valence-corrected chi connectivity index (χ2v) is 8.28. The van der Waals surface area contributed by atoms with E-state index in [4.69, 9.17) is 14.6 Å². The largest absolute Gasteiger partial charge is 0.499 e. The van der Waals surface area contributed by atoms with Crippen LogP contribution in [0.2, 0.25) is 0 Å². The van der Waals surface area contributed by atoms with Crippen molar-refractivity contribution in [1.29, 1.82) is 0 Å². The second-order valence-electron chi connectivity index (χ2n) is 7.36. The van der Waals surface area contributed by atoms with Crippen LogP contribution in [0.4, 0.5) is 23.2 Å². The number of benzene rings is 2. The molecule has 1 fully saturated rings. The lowest BCUT2D eigenvalue weighted by molar-refractivity contribution is -0.137. The Morgan fingerprint density at radius 3 is 2.33 bits per heavy atom. The number of alkyl halides is 3. The maximum atomic E-state index is 14.1. The fourth-order valence-corrected chi connectivity index (χ4v) is 4.03. The number of hydrogen-bond acceptors (Lipinski definition) is 3. The van der Waals surface area contributed by atoms with Gasteiger partial charge in [-0.2, -0.15) is 13.2 Å². The number of nitrogens with one attached hydrogen (secondary N) is 1. The summed E-state index contributed by atoms with van der Waals surface area (Å²) >= 11 is 3.39. The molecule has 10 heteroatoms. The Balaban J connectivity index is 0.00000122. The van der Waals surface area contributed by atoms with Gasteiger partial charge in [0.15, 0.2) is 0 Å². The van der Waals surface area contributed by atoms with Crippen molar-refractivity contribution in [2.45, 2.75) is 37.5 Å². The number of halogens is 5. The average molecular weight is 532 g/mol. The van der Waals surface area contributed by atoms with E-state index in [1.165, 1.54) is 6.26 Å². The first-order valence-corrected chi connectivity index (χ1v) is 10.7. The van der Waals surface area contributed by atoms with Crippen molar-refractivity contribution < 1.29 is 37.0 Å². The fourth-order valence-electron chi connectivity index (χ4n) is 3.76. The first-order valence-electron chi connectivity index (χ1n) is 9.86. The molecule has 5 nitrogen and oxygen atoms in total. The minimum absolute atomic E-state index is 0.0463. The zero-order chi connectivity index (χ0) is 24.6. The zero-order valence-corrected chi connectivity index (χ0v) is 18.9. The van der Waals surface area contributed by atoms with Crippen LogP contribution in [0.1, 0.15) is 36.3 Å². The molecule has 0 radical (unpaired) electrons. The van der Waals surface area contributed by atoms with Crippen molar-refractivity contribution in [2.75, 3.05) is 5.32 Å². The van der Waals surface area contributed by atoms with Crippen LogP contribution in [0.5, 0.6) is 0 Å². The normalized spacial score (nSPS) is 20.1. The van der Waals surface area contributed by atoms with E-state index in [9.17, 15) is 22.4 Å². The quantitative estimate of drug-likeness (QED) is 0.267. The standard InChI is InChI=1S/C22H20BrF4NO2.CH2O2/c1-2-30-18-10-14(13-3-6-17(23)7-4-13)9-15(11-18)21(29)28-20-8-5-16(12-19(20)24)22(25,26)27;2-1-3/h2-8,12,14-15,18H,1,9-11H2,(H,28,29);1H,(H,2,3). The molecule has 33 heavy (non-hydrogen) atoms.